The first kappa shape index (κ1) is 16.5. The van der Waals surface area contributed by atoms with Gasteiger partial charge >= 0.3 is 0 Å². The first-order valence-electron chi connectivity index (χ1n) is 9.10. The predicted octanol–water partition coefficient (Wildman–Crippen LogP) is 6.27. The van der Waals surface area contributed by atoms with Gasteiger partial charge in [0, 0.05) is 22.8 Å². The number of anilines is 2. The van der Waals surface area contributed by atoms with E-state index in [9.17, 15) is 0 Å². The molecule has 4 rings (SSSR count). The van der Waals surface area contributed by atoms with Gasteiger partial charge < -0.3 is 9.80 Å². The molecule has 1 aliphatic heterocycles. The summed E-state index contributed by atoms with van der Waals surface area (Å²) in [5, 5.41) is 0. The van der Waals surface area contributed by atoms with Crippen molar-refractivity contribution in [3.63, 3.8) is 0 Å². The molecule has 0 radical (unpaired) electrons. The fourth-order valence-electron chi connectivity index (χ4n) is 3.82. The van der Waals surface area contributed by atoms with Gasteiger partial charge in [0.05, 0.1) is 0 Å². The first-order valence-corrected chi connectivity index (χ1v) is 9.10. The van der Waals surface area contributed by atoms with Crippen LogP contribution in [-0.2, 0) is 0 Å². The normalized spacial score (nSPS) is 17.1. The summed E-state index contributed by atoms with van der Waals surface area (Å²) in [6.07, 6.45) is 0.111. The van der Waals surface area contributed by atoms with Crippen LogP contribution in [0.2, 0.25) is 0 Å². The highest BCUT2D eigenvalue weighted by Crippen LogP contribution is 2.45. The molecule has 0 amide bonds. The first-order chi connectivity index (χ1) is 12.7. The number of allylic oxidation sites excluding steroid dienone is 2. The van der Waals surface area contributed by atoms with Crippen LogP contribution in [0.1, 0.15) is 31.1 Å². The largest absolute Gasteiger partial charge is 0.318 e. The van der Waals surface area contributed by atoms with Crippen LogP contribution >= 0.6 is 0 Å². The molecule has 0 fully saturated rings. The number of rotatable bonds is 3. The Morgan fingerprint density at radius 1 is 0.577 bits per heavy atom. The number of hydrogen-bond donors (Lipinski definition) is 0. The number of nitrogens with zero attached hydrogens (tertiary/aromatic N) is 2. The van der Waals surface area contributed by atoms with Gasteiger partial charge in [-0.3, -0.25) is 0 Å². The third-order valence-electron chi connectivity index (χ3n) is 5.24. The predicted molar refractivity (Wildman–Crippen MR) is 110 cm³/mol. The molecule has 3 aromatic carbocycles. The highest BCUT2D eigenvalue weighted by Gasteiger charge is 2.37. The molecule has 1 aliphatic rings. The maximum Gasteiger partial charge on any atom is 0.136 e. The summed E-state index contributed by atoms with van der Waals surface area (Å²) in [7, 11) is 0. The van der Waals surface area contributed by atoms with Gasteiger partial charge in [-0.15, -0.1) is 0 Å². The van der Waals surface area contributed by atoms with Gasteiger partial charge in [0.1, 0.15) is 6.17 Å². The maximum atomic E-state index is 2.47. The zero-order valence-corrected chi connectivity index (χ0v) is 15.6. The molecule has 0 spiro atoms. The van der Waals surface area contributed by atoms with Crippen LogP contribution in [0.5, 0.6) is 0 Å². The Labute approximate surface area is 156 Å². The second-order valence-corrected chi connectivity index (χ2v) is 6.82. The van der Waals surface area contributed by atoms with E-state index in [1.165, 1.54) is 33.9 Å². The van der Waals surface area contributed by atoms with Crippen molar-refractivity contribution in [2.45, 2.75) is 26.9 Å². The van der Waals surface area contributed by atoms with Crippen molar-refractivity contribution in [3.8, 4) is 0 Å². The van der Waals surface area contributed by atoms with Crippen LogP contribution in [0.4, 0.5) is 11.4 Å². The van der Waals surface area contributed by atoms with Gasteiger partial charge in [-0.25, -0.2) is 0 Å². The Hall–Kier alpha value is -3.00. The molecule has 0 aliphatic carbocycles. The van der Waals surface area contributed by atoms with E-state index in [0.717, 1.165) is 0 Å². The zero-order chi connectivity index (χ0) is 18.1. The van der Waals surface area contributed by atoms with Crippen LogP contribution in [0.15, 0.2) is 96.3 Å². The number of para-hydroxylation sites is 2. The fraction of sp³-hybridized carbons (Fsp3) is 0.167. The van der Waals surface area contributed by atoms with E-state index in [1.807, 2.05) is 0 Å². The Morgan fingerprint density at radius 2 is 1.12 bits per heavy atom. The molecule has 0 aromatic heterocycles. The maximum absolute atomic E-state index is 2.47. The van der Waals surface area contributed by atoms with Crippen LogP contribution < -0.4 is 9.80 Å². The molecule has 130 valence electrons. The average Bonchev–Trinajstić information content (AvgIpc) is 2.95. The van der Waals surface area contributed by atoms with E-state index in [2.05, 4.69) is 116 Å². The molecule has 1 unspecified atom stereocenters. The van der Waals surface area contributed by atoms with Crippen molar-refractivity contribution in [1.29, 1.82) is 0 Å². The van der Waals surface area contributed by atoms with Gasteiger partial charge in [-0.05, 0) is 50.1 Å². The molecule has 2 heteroatoms. The van der Waals surface area contributed by atoms with Crippen molar-refractivity contribution < 1.29 is 0 Å². The summed E-state index contributed by atoms with van der Waals surface area (Å²) in [5.41, 5.74) is 7.63. The summed E-state index contributed by atoms with van der Waals surface area (Å²) in [6, 6.07) is 30.1. The molecule has 0 saturated carbocycles. The lowest BCUT2D eigenvalue weighted by Crippen LogP contribution is -2.33. The minimum atomic E-state index is 0.111. The monoisotopic (exact) mass is 340 g/mol. The Bertz CT molecular complexity index is 929. The average molecular weight is 340 g/mol. The molecule has 0 bridgehead atoms. The minimum absolute atomic E-state index is 0.111. The quantitative estimate of drug-likeness (QED) is 0.554. The van der Waals surface area contributed by atoms with Gasteiger partial charge in [0.15, 0.2) is 0 Å². The third-order valence-corrected chi connectivity index (χ3v) is 5.24. The number of benzene rings is 3. The van der Waals surface area contributed by atoms with Gasteiger partial charge in [0.25, 0.3) is 0 Å². The van der Waals surface area contributed by atoms with Crippen LogP contribution in [0.25, 0.3) is 0 Å². The molecular weight excluding hydrogens is 316 g/mol. The molecular formula is C24H24N2. The Morgan fingerprint density at radius 3 is 1.77 bits per heavy atom. The number of hydrogen-bond acceptors (Lipinski definition) is 2. The standard InChI is InChI=1S/C24H24N2/c1-18-12-10-11-17-23(18)26-20(3)19(2)25(22-15-8-5-9-16-22)24(26)21-13-6-4-7-14-21/h4-17,24H,1-3H3. The minimum Gasteiger partial charge on any atom is -0.318 e. The molecule has 0 N–H and O–H groups in total. The summed E-state index contributed by atoms with van der Waals surface area (Å²) < 4.78 is 0. The van der Waals surface area contributed by atoms with E-state index in [0.29, 0.717) is 0 Å². The second-order valence-electron chi connectivity index (χ2n) is 6.82. The van der Waals surface area contributed by atoms with E-state index in [-0.39, 0.29) is 6.17 Å². The lowest BCUT2D eigenvalue weighted by Gasteiger charge is -2.35. The Kier molecular flexibility index (Phi) is 4.26. The molecule has 2 nitrogen and oxygen atoms in total. The molecule has 1 heterocycles. The SMILES string of the molecule is CC1=C(C)N(c2ccccc2C)C(c2ccccc2)N1c1ccccc1. The van der Waals surface area contributed by atoms with Gasteiger partial charge in [0.2, 0.25) is 0 Å². The smallest absolute Gasteiger partial charge is 0.136 e. The summed E-state index contributed by atoms with van der Waals surface area (Å²) >= 11 is 0. The molecule has 3 aromatic rings. The van der Waals surface area contributed by atoms with E-state index in [4.69, 9.17) is 0 Å². The highest BCUT2D eigenvalue weighted by molar-refractivity contribution is 5.69. The highest BCUT2D eigenvalue weighted by atomic mass is 15.4. The second kappa shape index (κ2) is 6.72. The van der Waals surface area contributed by atoms with Gasteiger partial charge in [-0.1, -0.05) is 66.7 Å². The van der Waals surface area contributed by atoms with E-state index in [1.54, 1.807) is 0 Å². The van der Waals surface area contributed by atoms with Crippen molar-refractivity contribution in [2.75, 3.05) is 9.80 Å². The van der Waals surface area contributed by atoms with Crippen molar-refractivity contribution in [1.82, 2.24) is 0 Å². The Balaban J connectivity index is 1.92. The van der Waals surface area contributed by atoms with Crippen molar-refractivity contribution in [2.24, 2.45) is 0 Å². The fourth-order valence-corrected chi connectivity index (χ4v) is 3.82. The van der Waals surface area contributed by atoms with Gasteiger partial charge in [-0.2, -0.15) is 0 Å². The lowest BCUT2D eigenvalue weighted by molar-refractivity contribution is 0.712. The third kappa shape index (κ3) is 2.68. The lowest BCUT2D eigenvalue weighted by atomic mass is 10.1. The van der Waals surface area contributed by atoms with E-state index >= 15 is 0 Å². The van der Waals surface area contributed by atoms with Crippen LogP contribution in [0, 0.1) is 6.92 Å². The molecule has 1 atom stereocenters. The topological polar surface area (TPSA) is 6.48 Å². The van der Waals surface area contributed by atoms with Crippen molar-refractivity contribution in [3.05, 3.63) is 107 Å². The summed E-state index contributed by atoms with van der Waals surface area (Å²) in [5.74, 6) is 0. The van der Waals surface area contributed by atoms with Crippen LogP contribution in [0.3, 0.4) is 0 Å². The molecule has 0 saturated heterocycles. The van der Waals surface area contributed by atoms with E-state index < -0.39 is 0 Å². The van der Waals surface area contributed by atoms with Crippen LogP contribution in [-0.4, -0.2) is 0 Å². The van der Waals surface area contributed by atoms with Crippen molar-refractivity contribution >= 4 is 11.4 Å². The number of aryl methyl sites for hydroxylation is 1. The summed E-state index contributed by atoms with van der Waals surface area (Å²) in [6.45, 7) is 6.63. The summed E-state index contributed by atoms with van der Waals surface area (Å²) in [4.78, 5) is 4.91. The molecule has 26 heavy (non-hydrogen) atoms. The zero-order valence-electron chi connectivity index (χ0n) is 15.6.